The van der Waals surface area contributed by atoms with E-state index in [0.29, 0.717) is 6.04 Å². The van der Waals surface area contributed by atoms with E-state index in [0.717, 1.165) is 30.8 Å². The second kappa shape index (κ2) is 4.90. The molecule has 0 aromatic carbocycles. The van der Waals surface area contributed by atoms with Gasteiger partial charge in [0.15, 0.2) is 0 Å². The number of amides is 2. The molecule has 3 N–H and O–H groups in total. The molecule has 0 radical (unpaired) electrons. The van der Waals surface area contributed by atoms with Gasteiger partial charge in [0.1, 0.15) is 0 Å². The lowest BCUT2D eigenvalue weighted by Gasteiger charge is -2.56. The normalized spacial score (nSPS) is 45.6. The average Bonchev–Trinajstić information content (AvgIpc) is 2.87. The monoisotopic (exact) mass is 277 g/mol. The van der Waals surface area contributed by atoms with E-state index >= 15 is 0 Å². The number of carbonyl (C=O) groups excluding carboxylic acids is 1. The summed E-state index contributed by atoms with van der Waals surface area (Å²) in [5.74, 6) is 2.66. The minimum Gasteiger partial charge on any atom is -0.337 e. The van der Waals surface area contributed by atoms with Crippen LogP contribution < -0.4 is 16.0 Å². The predicted octanol–water partition coefficient (Wildman–Crippen LogP) is 2.01. The van der Waals surface area contributed by atoms with E-state index in [1.165, 1.54) is 51.4 Å². The molecular weight excluding hydrogens is 250 g/mol. The molecule has 1 unspecified atom stereocenters. The Balaban J connectivity index is 1.32. The van der Waals surface area contributed by atoms with Crippen LogP contribution in [0.4, 0.5) is 4.79 Å². The van der Waals surface area contributed by atoms with Crippen LogP contribution in [-0.4, -0.2) is 30.7 Å². The number of hydrogen-bond acceptors (Lipinski definition) is 2. The molecule has 5 rings (SSSR count). The molecular formula is C16H27N3O. The van der Waals surface area contributed by atoms with E-state index in [1.807, 2.05) is 0 Å². The number of rotatable bonds is 3. The Morgan fingerprint density at radius 1 is 1.10 bits per heavy atom. The van der Waals surface area contributed by atoms with Gasteiger partial charge in [0, 0.05) is 18.1 Å². The van der Waals surface area contributed by atoms with Gasteiger partial charge in [-0.1, -0.05) is 0 Å². The maximum absolute atomic E-state index is 12.2. The molecule has 4 nitrogen and oxygen atoms in total. The van der Waals surface area contributed by atoms with Crippen molar-refractivity contribution in [2.75, 3.05) is 13.1 Å². The van der Waals surface area contributed by atoms with Crippen molar-refractivity contribution >= 4 is 6.03 Å². The van der Waals surface area contributed by atoms with Crippen LogP contribution in [0.3, 0.4) is 0 Å². The van der Waals surface area contributed by atoms with Crippen molar-refractivity contribution in [2.45, 2.75) is 62.9 Å². The Labute approximate surface area is 121 Å². The van der Waals surface area contributed by atoms with Crippen molar-refractivity contribution in [1.29, 1.82) is 0 Å². The van der Waals surface area contributed by atoms with E-state index in [4.69, 9.17) is 0 Å². The molecule has 1 heterocycles. The van der Waals surface area contributed by atoms with E-state index in [2.05, 4.69) is 16.0 Å². The third-order valence-electron chi connectivity index (χ3n) is 6.09. The zero-order chi connectivity index (χ0) is 13.6. The van der Waals surface area contributed by atoms with Crippen LogP contribution in [0.5, 0.6) is 0 Å². The fraction of sp³-hybridized carbons (Fsp3) is 0.938. The molecule has 0 aromatic heterocycles. The van der Waals surface area contributed by atoms with Gasteiger partial charge in [-0.15, -0.1) is 0 Å². The van der Waals surface area contributed by atoms with Gasteiger partial charge in [0.2, 0.25) is 0 Å². The molecule has 20 heavy (non-hydrogen) atoms. The van der Waals surface area contributed by atoms with Gasteiger partial charge in [-0.2, -0.15) is 0 Å². The summed E-state index contributed by atoms with van der Waals surface area (Å²) in [6.45, 7) is 1.88. The van der Waals surface area contributed by atoms with Crippen molar-refractivity contribution in [3.8, 4) is 0 Å². The first-order chi connectivity index (χ1) is 9.71. The lowest BCUT2D eigenvalue weighted by atomic mass is 9.53. The summed E-state index contributed by atoms with van der Waals surface area (Å²) in [6.07, 6.45) is 10.4. The van der Waals surface area contributed by atoms with Crippen LogP contribution in [0.25, 0.3) is 0 Å². The van der Waals surface area contributed by atoms with Crippen LogP contribution in [-0.2, 0) is 0 Å². The van der Waals surface area contributed by atoms with Crippen molar-refractivity contribution in [1.82, 2.24) is 16.0 Å². The lowest BCUT2D eigenvalue weighted by molar-refractivity contribution is -0.0135. The highest BCUT2D eigenvalue weighted by Gasteiger charge is 2.51. The Kier molecular flexibility index (Phi) is 3.17. The van der Waals surface area contributed by atoms with Crippen LogP contribution >= 0.6 is 0 Å². The number of urea groups is 1. The summed E-state index contributed by atoms with van der Waals surface area (Å²) in [6, 6.07) is 0.553. The maximum atomic E-state index is 12.2. The topological polar surface area (TPSA) is 53.2 Å². The Morgan fingerprint density at radius 3 is 2.30 bits per heavy atom. The van der Waals surface area contributed by atoms with Crippen molar-refractivity contribution in [3.05, 3.63) is 0 Å². The minimum atomic E-state index is 0.0700. The average molecular weight is 277 g/mol. The van der Waals surface area contributed by atoms with Gasteiger partial charge in [-0.25, -0.2) is 4.79 Å². The first kappa shape index (κ1) is 12.9. The zero-order valence-corrected chi connectivity index (χ0v) is 12.3. The van der Waals surface area contributed by atoms with Crippen molar-refractivity contribution < 1.29 is 4.79 Å². The molecule has 4 saturated carbocycles. The van der Waals surface area contributed by atoms with Gasteiger partial charge < -0.3 is 16.0 Å². The maximum Gasteiger partial charge on any atom is 0.315 e. The first-order valence-electron chi connectivity index (χ1n) is 8.50. The summed E-state index contributed by atoms with van der Waals surface area (Å²) >= 11 is 0. The van der Waals surface area contributed by atoms with Crippen LogP contribution in [0.1, 0.15) is 51.4 Å². The molecule has 0 aromatic rings. The van der Waals surface area contributed by atoms with E-state index < -0.39 is 0 Å². The smallest absolute Gasteiger partial charge is 0.315 e. The van der Waals surface area contributed by atoms with Crippen LogP contribution in [0.15, 0.2) is 0 Å². The highest BCUT2D eigenvalue weighted by molar-refractivity contribution is 5.75. The quantitative estimate of drug-likeness (QED) is 0.739. The number of nitrogens with one attached hydrogen (secondary N) is 3. The van der Waals surface area contributed by atoms with E-state index in [1.54, 1.807) is 0 Å². The fourth-order valence-electron chi connectivity index (χ4n) is 5.70. The zero-order valence-electron chi connectivity index (χ0n) is 12.3. The molecule has 0 spiro atoms. The van der Waals surface area contributed by atoms with Crippen molar-refractivity contribution in [2.24, 2.45) is 17.8 Å². The SMILES string of the molecule is O=C(NCC1CCCN1)NC12CC3CC(CC(C3)C1)C2. The third kappa shape index (κ3) is 2.43. The summed E-state index contributed by atoms with van der Waals surface area (Å²) in [5.41, 5.74) is 0.141. The lowest BCUT2D eigenvalue weighted by Crippen LogP contribution is -2.61. The molecule has 5 fully saturated rings. The number of carbonyl (C=O) groups is 1. The highest BCUT2D eigenvalue weighted by atomic mass is 16.2. The fourth-order valence-corrected chi connectivity index (χ4v) is 5.70. The molecule has 1 atom stereocenters. The van der Waals surface area contributed by atoms with Crippen molar-refractivity contribution in [3.63, 3.8) is 0 Å². The van der Waals surface area contributed by atoms with Crippen LogP contribution in [0.2, 0.25) is 0 Å². The Morgan fingerprint density at radius 2 is 1.75 bits per heavy atom. The molecule has 4 heteroatoms. The van der Waals surface area contributed by atoms with Gasteiger partial charge in [-0.3, -0.25) is 0 Å². The first-order valence-corrected chi connectivity index (χ1v) is 8.50. The van der Waals surface area contributed by atoms with Gasteiger partial charge in [-0.05, 0) is 75.7 Å². The number of hydrogen-bond donors (Lipinski definition) is 3. The van der Waals surface area contributed by atoms with Gasteiger partial charge in [0.05, 0.1) is 0 Å². The Bertz CT molecular complexity index is 354. The summed E-state index contributed by atoms with van der Waals surface area (Å²) in [5, 5.41) is 9.89. The predicted molar refractivity (Wildman–Crippen MR) is 78.5 cm³/mol. The molecule has 112 valence electrons. The molecule has 2 amide bonds. The minimum absolute atomic E-state index is 0.0700. The highest BCUT2D eigenvalue weighted by Crippen LogP contribution is 2.55. The van der Waals surface area contributed by atoms with E-state index in [9.17, 15) is 4.79 Å². The second-order valence-corrected chi connectivity index (χ2v) is 7.83. The molecule has 5 aliphatic rings. The standard InChI is InChI=1S/C16H27N3O/c20-15(18-10-14-2-1-3-17-14)19-16-7-11-4-12(8-16)6-13(5-11)9-16/h11-14,17H,1-10H2,(H2,18,19,20). The summed E-state index contributed by atoms with van der Waals surface area (Å²) < 4.78 is 0. The van der Waals surface area contributed by atoms with Crippen LogP contribution in [0, 0.1) is 17.8 Å². The molecule has 1 saturated heterocycles. The Hall–Kier alpha value is -0.770. The molecule has 1 aliphatic heterocycles. The molecule has 4 aliphatic carbocycles. The van der Waals surface area contributed by atoms with E-state index in [-0.39, 0.29) is 11.6 Å². The van der Waals surface area contributed by atoms with Gasteiger partial charge >= 0.3 is 6.03 Å². The summed E-state index contributed by atoms with van der Waals surface area (Å²) in [7, 11) is 0. The largest absolute Gasteiger partial charge is 0.337 e. The third-order valence-corrected chi connectivity index (χ3v) is 6.09. The second-order valence-electron chi connectivity index (χ2n) is 7.83. The summed E-state index contributed by atoms with van der Waals surface area (Å²) in [4.78, 5) is 12.2. The molecule has 4 bridgehead atoms. The van der Waals surface area contributed by atoms with Gasteiger partial charge in [0.25, 0.3) is 0 Å².